The maximum Gasteiger partial charge on any atom is 0.323 e. The zero-order valence-corrected chi connectivity index (χ0v) is 13.0. The third-order valence-corrected chi connectivity index (χ3v) is 4.31. The number of pyridine rings is 1. The Bertz CT molecular complexity index is 807. The molecule has 1 N–H and O–H groups in total. The van der Waals surface area contributed by atoms with Crippen LogP contribution in [0.3, 0.4) is 0 Å². The molecule has 0 atom stereocenters. The van der Waals surface area contributed by atoms with Gasteiger partial charge in [-0.2, -0.15) is 0 Å². The molecule has 0 radical (unpaired) electrons. The lowest BCUT2D eigenvalue weighted by Gasteiger charge is -2.24. The molecule has 1 aliphatic carbocycles. The molecular weight excluding hydrogens is 294 g/mol. The van der Waals surface area contributed by atoms with Crippen molar-refractivity contribution in [2.24, 2.45) is 0 Å². The summed E-state index contributed by atoms with van der Waals surface area (Å²) in [7, 11) is 1.61. The lowest BCUT2D eigenvalue weighted by Crippen LogP contribution is -2.29. The van der Waals surface area contributed by atoms with Crippen molar-refractivity contribution in [3.8, 4) is 16.9 Å². The first-order valence-electron chi connectivity index (χ1n) is 7.72. The van der Waals surface area contributed by atoms with E-state index in [9.17, 15) is 9.59 Å². The molecule has 0 fully saturated rings. The van der Waals surface area contributed by atoms with E-state index in [2.05, 4.69) is 0 Å². The minimum atomic E-state index is -0.995. The van der Waals surface area contributed by atoms with Gasteiger partial charge in [-0.25, -0.2) is 0 Å². The Hall–Kier alpha value is -2.56. The minimum absolute atomic E-state index is 0.269. The number of nitrogens with zero attached hydrogens (tertiary/aromatic N) is 1. The number of hydrogen-bond donors (Lipinski definition) is 1. The quantitative estimate of drug-likeness (QED) is 0.941. The van der Waals surface area contributed by atoms with E-state index in [0.717, 1.165) is 53.8 Å². The molecule has 5 nitrogen and oxygen atoms in total. The molecule has 1 heterocycles. The monoisotopic (exact) mass is 313 g/mol. The molecule has 0 amide bonds. The van der Waals surface area contributed by atoms with Gasteiger partial charge in [-0.15, -0.1) is 0 Å². The molecule has 0 bridgehead atoms. The normalized spacial score (nSPS) is 13.4. The lowest BCUT2D eigenvalue weighted by atomic mass is 9.88. The van der Waals surface area contributed by atoms with Crippen molar-refractivity contribution in [1.82, 2.24) is 4.57 Å². The highest BCUT2D eigenvalue weighted by Crippen LogP contribution is 2.35. The average Bonchev–Trinajstić information content (AvgIpc) is 2.57. The zero-order valence-electron chi connectivity index (χ0n) is 13.0. The standard InChI is InChI=1S/C18H19NO4/c1-23-16-9-5-3-7-13(16)14-10-17(20)19(11-18(21)22)15-8-4-2-6-12(14)15/h3,5,7,9-10H,2,4,6,8,11H2,1H3,(H,21,22). The van der Waals surface area contributed by atoms with E-state index >= 15 is 0 Å². The number of carbonyl (C=O) groups is 1. The van der Waals surface area contributed by atoms with Gasteiger partial charge in [0.25, 0.3) is 5.56 Å². The number of para-hydroxylation sites is 1. The highest BCUT2D eigenvalue weighted by atomic mass is 16.5. The van der Waals surface area contributed by atoms with Crippen molar-refractivity contribution in [2.75, 3.05) is 7.11 Å². The molecule has 2 aromatic rings. The maximum absolute atomic E-state index is 12.5. The van der Waals surface area contributed by atoms with E-state index in [0.29, 0.717) is 0 Å². The van der Waals surface area contributed by atoms with E-state index in [1.54, 1.807) is 13.2 Å². The molecule has 23 heavy (non-hydrogen) atoms. The van der Waals surface area contributed by atoms with E-state index in [-0.39, 0.29) is 12.1 Å². The fourth-order valence-electron chi connectivity index (χ4n) is 3.31. The maximum atomic E-state index is 12.5. The number of rotatable bonds is 4. The van der Waals surface area contributed by atoms with Crippen molar-refractivity contribution >= 4 is 5.97 Å². The van der Waals surface area contributed by atoms with Gasteiger partial charge < -0.3 is 14.4 Å². The predicted octanol–water partition coefficient (Wildman–Crippen LogP) is 2.49. The molecule has 0 spiro atoms. The summed E-state index contributed by atoms with van der Waals surface area (Å²) in [5.41, 5.74) is 3.40. The van der Waals surface area contributed by atoms with Crippen LogP contribution in [0.15, 0.2) is 35.1 Å². The van der Waals surface area contributed by atoms with Gasteiger partial charge in [-0.05, 0) is 42.9 Å². The number of methoxy groups -OCH3 is 1. The van der Waals surface area contributed by atoms with Crippen LogP contribution in [0.25, 0.3) is 11.1 Å². The van der Waals surface area contributed by atoms with Gasteiger partial charge in [-0.1, -0.05) is 18.2 Å². The van der Waals surface area contributed by atoms with Gasteiger partial charge in [-0.3, -0.25) is 9.59 Å². The van der Waals surface area contributed by atoms with Gasteiger partial charge in [0.15, 0.2) is 0 Å². The van der Waals surface area contributed by atoms with Crippen molar-refractivity contribution < 1.29 is 14.6 Å². The topological polar surface area (TPSA) is 68.5 Å². The molecule has 1 aromatic heterocycles. The fraction of sp³-hybridized carbons (Fsp3) is 0.333. The van der Waals surface area contributed by atoms with Gasteiger partial charge in [0.05, 0.1) is 7.11 Å². The average molecular weight is 313 g/mol. The van der Waals surface area contributed by atoms with E-state index in [1.807, 2.05) is 24.3 Å². The van der Waals surface area contributed by atoms with Crippen LogP contribution in [-0.4, -0.2) is 22.8 Å². The van der Waals surface area contributed by atoms with Crippen molar-refractivity contribution in [3.05, 3.63) is 51.9 Å². The third kappa shape index (κ3) is 2.86. The molecule has 1 aliphatic rings. The smallest absolute Gasteiger partial charge is 0.323 e. The second-order valence-electron chi connectivity index (χ2n) is 5.71. The second kappa shape index (κ2) is 6.28. The first-order chi connectivity index (χ1) is 11.1. The predicted molar refractivity (Wildman–Crippen MR) is 87.0 cm³/mol. The molecule has 120 valence electrons. The van der Waals surface area contributed by atoms with Crippen LogP contribution in [0.4, 0.5) is 0 Å². The first-order valence-corrected chi connectivity index (χ1v) is 7.72. The van der Waals surface area contributed by atoms with Crippen LogP contribution in [-0.2, 0) is 24.2 Å². The second-order valence-corrected chi connectivity index (χ2v) is 5.71. The Morgan fingerprint density at radius 1 is 1.22 bits per heavy atom. The van der Waals surface area contributed by atoms with E-state index in [1.165, 1.54) is 4.57 Å². The summed E-state index contributed by atoms with van der Waals surface area (Å²) in [6, 6.07) is 9.15. The summed E-state index contributed by atoms with van der Waals surface area (Å²) in [4.78, 5) is 23.6. The third-order valence-electron chi connectivity index (χ3n) is 4.31. The van der Waals surface area contributed by atoms with Gasteiger partial charge in [0, 0.05) is 17.3 Å². The molecule has 0 saturated carbocycles. The van der Waals surface area contributed by atoms with Crippen molar-refractivity contribution in [2.45, 2.75) is 32.2 Å². The SMILES string of the molecule is COc1ccccc1-c1cc(=O)n(CC(=O)O)c2c1CCCC2. The molecule has 1 aromatic carbocycles. The number of ether oxygens (including phenoxy) is 1. The number of carboxylic acids is 1. The van der Waals surface area contributed by atoms with Crippen LogP contribution >= 0.6 is 0 Å². The Balaban J connectivity index is 2.25. The van der Waals surface area contributed by atoms with Crippen LogP contribution in [0.2, 0.25) is 0 Å². The summed E-state index contributed by atoms with van der Waals surface area (Å²) in [6.45, 7) is -0.284. The Kier molecular flexibility index (Phi) is 4.19. The number of aliphatic carboxylic acids is 1. The van der Waals surface area contributed by atoms with Crippen LogP contribution in [0.5, 0.6) is 5.75 Å². The summed E-state index contributed by atoms with van der Waals surface area (Å²) >= 11 is 0. The van der Waals surface area contributed by atoms with Gasteiger partial charge >= 0.3 is 5.97 Å². The van der Waals surface area contributed by atoms with E-state index in [4.69, 9.17) is 9.84 Å². The molecular formula is C18H19NO4. The lowest BCUT2D eigenvalue weighted by molar-refractivity contribution is -0.137. The Morgan fingerprint density at radius 2 is 1.96 bits per heavy atom. The largest absolute Gasteiger partial charge is 0.496 e. The minimum Gasteiger partial charge on any atom is -0.496 e. The molecule has 0 unspecified atom stereocenters. The van der Waals surface area contributed by atoms with Crippen LogP contribution in [0, 0.1) is 0 Å². The summed E-state index contributed by atoms with van der Waals surface area (Å²) in [6.07, 6.45) is 3.60. The first kappa shape index (κ1) is 15.3. The van der Waals surface area contributed by atoms with Crippen molar-refractivity contribution in [1.29, 1.82) is 0 Å². The fourth-order valence-corrected chi connectivity index (χ4v) is 3.31. The van der Waals surface area contributed by atoms with Crippen LogP contribution < -0.4 is 10.3 Å². The number of benzene rings is 1. The summed E-state index contributed by atoms with van der Waals surface area (Å²) < 4.78 is 6.82. The summed E-state index contributed by atoms with van der Waals surface area (Å²) in [5, 5.41) is 9.08. The molecule has 5 heteroatoms. The Morgan fingerprint density at radius 3 is 2.70 bits per heavy atom. The number of hydrogen-bond acceptors (Lipinski definition) is 3. The number of fused-ring (bicyclic) bond motifs is 1. The number of aromatic nitrogens is 1. The zero-order chi connectivity index (χ0) is 16.4. The number of carboxylic acid groups (broad SMARTS) is 1. The van der Waals surface area contributed by atoms with Gasteiger partial charge in [0.2, 0.25) is 0 Å². The van der Waals surface area contributed by atoms with Crippen LogP contribution in [0.1, 0.15) is 24.1 Å². The Labute approximate surface area is 134 Å². The summed E-state index contributed by atoms with van der Waals surface area (Å²) in [5.74, 6) is -0.277. The molecule has 3 rings (SSSR count). The molecule has 0 aliphatic heterocycles. The molecule has 0 saturated heterocycles. The van der Waals surface area contributed by atoms with E-state index < -0.39 is 5.97 Å². The highest BCUT2D eigenvalue weighted by Gasteiger charge is 2.22. The van der Waals surface area contributed by atoms with Crippen molar-refractivity contribution in [3.63, 3.8) is 0 Å². The highest BCUT2D eigenvalue weighted by molar-refractivity contribution is 5.74. The van der Waals surface area contributed by atoms with Gasteiger partial charge in [0.1, 0.15) is 12.3 Å².